The Hall–Kier alpha value is -1.88. The number of aromatic hydroxyl groups is 1. The van der Waals surface area contributed by atoms with Gasteiger partial charge in [-0.05, 0) is 38.8 Å². The first-order chi connectivity index (χ1) is 11.6. The molecule has 0 bridgehead atoms. The lowest BCUT2D eigenvalue weighted by Crippen LogP contribution is -2.04. The summed E-state index contributed by atoms with van der Waals surface area (Å²) in [5.41, 5.74) is 4.07. The standard InChI is InChI=1S/C19H23N3OS/c1-12(2)22-16-10-6-9-14(17(16)21-19(22)23)18-20-15(11-24-18)13-7-4-3-5-8-13/h6,9-13H,3-5,7-8H2,1-2H3,(H,21,23). The van der Waals surface area contributed by atoms with Crippen LogP contribution in [0.4, 0.5) is 0 Å². The molecule has 2 heterocycles. The van der Waals surface area contributed by atoms with E-state index in [1.54, 1.807) is 11.3 Å². The van der Waals surface area contributed by atoms with E-state index in [0.717, 1.165) is 21.6 Å². The smallest absolute Gasteiger partial charge is 0.295 e. The monoisotopic (exact) mass is 341 g/mol. The number of benzene rings is 1. The van der Waals surface area contributed by atoms with Gasteiger partial charge in [0.15, 0.2) is 0 Å². The fourth-order valence-electron chi connectivity index (χ4n) is 3.78. The van der Waals surface area contributed by atoms with Crippen LogP contribution < -0.4 is 0 Å². The van der Waals surface area contributed by atoms with Crippen LogP contribution in [0.5, 0.6) is 6.01 Å². The molecular formula is C19H23N3OS. The lowest BCUT2D eigenvalue weighted by Gasteiger charge is -2.19. The van der Waals surface area contributed by atoms with Gasteiger partial charge < -0.3 is 5.11 Å². The van der Waals surface area contributed by atoms with Crippen LogP contribution >= 0.6 is 11.3 Å². The van der Waals surface area contributed by atoms with E-state index in [-0.39, 0.29) is 12.1 Å². The number of fused-ring (bicyclic) bond motifs is 1. The Morgan fingerprint density at radius 1 is 1.17 bits per heavy atom. The highest BCUT2D eigenvalue weighted by Gasteiger charge is 2.21. The average molecular weight is 341 g/mol. The zero-order valence-electron chi connectivity index (χ0n) is 14.2. The Morgan fingerprint density at radius 3 is 2.71 bits per heavy atom. The van der Waals surface area contributed by atoms with E-state index < -0.39 is 0 Å². The zero-order chi connectivity index (χ0) is 16.7. The molecule has 1 N–H and O–H groups in total. The summed E-state index contributed by atoms with van der Waals surface area (Å²) < 4.78 is 1.87. The third-order valence-electron chi connectivity index (χ3n) is 4.99. The molecule has 0 unspecified atom stereocenters. The van der Waals surface area contributed by atoms with Crippen molar-refractivity contribution in [2.45, 2.75) is 57.9 Å². The van der Waals surface area contributed by atoms with Gasteiger partial charge in [-0.1, -0.05) is 25.3 Å². The third kappa shape index (κ3) is 2.61. The van der Waals surface area contributed by atoms with Crippen LogP contribution in [0.3, 0.4) is 0 Å². The second-order valence-electron chi connectivity index (χ2n) is 6.96. The Kier molecular flexibility index (Phi) is 4.04. The molecule has 0 saturated heterocycles. The second kappa shape index (κ2) is 6.20. The van der Waals surface area contributed by atoms with Crippen LogP contribution in [0.15, 0.2) is 23.6 Å². The highest BCUT2D eigenvalue weighted by molar-refractivity contribution is 7.13. The number of hydrogen-bond acceptors (Lipinski definition) is 4. The van der Waals surface area contributed by atoms with Gasteiger partial charge in [-0.25, -0.2) is 4.98 Å². The van der Waals surface area contributed by atoms with Crippen molar-refractivity contribution in [3.05, 3.63) is 29.3 Å². The predicted molar refractivity (Wildman–Crippen MR) is 98.7 cm³/mol. The number of nitrogens with zero attached hydrogens (tertiary/aromatic N) is 3. The number of para-hydroxylation sites is 1. The largest absolute Gasteiger partial charge is 0.480 e. The number of hydrogen-bond donors (Lipinski definition) is 1. The van der Waals surface area contributed by atoms with Crippen LogP contribution in [-0.4, -0.2) is 19.6 Å². The summed E-state index contributed by atoms with van der Waals surface area (Å²) in [6.07, 6.45) is 6.52. The van der Waals surface area contributed by atoms with E-state index >= 15 is 0 Å². The molecule has 126 valence electrons. The first kappa shape index (κ1) is 15.6. The molecule has 1 aliphatic carbocycles. The molecule has 0 amide bonds. The van der Waals surface area contributed by atoms with Crippen molar-refractivity contribution in [3.8, 4) is 16.6 Å². The summed E-state index contributed by atoms with van der Waals surface area (Å²) in [5, 5.41) is 13.4. The Labute approximate surface area is 146 Å². The van der Waals surface area contributed by atoms with Crippen molar-refractivity contribution >= 4 is 22.4 Å². The van der Waals surface area contributed by atoms with Gasteiger partial charge in [-0.3, -0.25) is 4.57 Å². The van der Waals surface area contributed by atoms with Crippen molar-refractivity contribution in [3.63, 3.8) is 0 Å². The van der Waals surface area contributed by atoms with Crippen LogP contribution in [0.1, 0.15) is 63.6 Å². The van der Waals surface area contributed by atoms with Gasteiger partial charge in [-0.15, -0.1) is 11.3 Å². The third-order valence-corrected chi connectivity index (χ3v) is 5.89. The molecule has 1 aliphatic rings. The fourth-order valence-corrected chi connectivity index (χ4v) is 4.71. The van der Waals surface area contributed by atoms with Crippen molar-refractivity contribution in [2.24, 2.45) is 0 Å². The summed E-state index contributed by atoms with van der Waals surface area (Å²) in [6, 6.07) is 6.35. The van der Waals surface area contributed by atoms with E-state index in [9.17, 15) is 5.11 Å². The number of thiazole rings is 1. The minimum Gasteiger partial charge on any atom is -0.480 e. The van der Waals surface area contributed by atoms with Crippen molar-refractivity contribution in [2.75, 3.05) is 0 Å². The van der Waals surface area contributed by atoms with Crippen LogP contribution in [-0.2, 0) is 0 Å². The molecule has 5 heteroatoms. The Morgan fingerprint density at radius 2 is 1.96 bits per heavy atom. The molecule has 24 heavy (non-hydrogen) atoms. The van der Waals surface area contributed by atoms with Crippen LogP contribution in [0, 0.1) is 0 Å². The summed E-state index contributed by atoms with van der Waals surface area (Å²) >= 11 is 1.69. The average Bonchev–Trinajstić information content (AvgIpc) is 3.19. The van der Waals surface area contributed by atoms with Crippen molar-refractivity contribution in [1.82, 2.24) is 14.5 Å². The van der Waals surface area contributed by atoms with E-state index in [2.05, 4.69) is 30.3 Å². The van der Waals surface area contributed by atoms with Gasteiger partial charge in [0.2, 0.25) is 0 Å². The summed E-state index contributed by atoms with van der Waals surface area (Å²) in [4.78, 5) is 9.34. The van der Waals surface area contributed by atoms with Gasteiger partial charge in [0.25, 0.3) is 6.01 Å². The minimum atomic E-state index is 0.0801. The molecule has 0 aliphatic heterocycles. The van der Waals surface area contributed by atoms with Gasteiger partial charge in [0.1, 0.15) is 10.5 Å². The molecule has 0 atom stereocenters. The molecule has 1 aromatic carbocycles. The van der Waals surface area contributed by atoms with Crippen molar-refractivity contribution < 1.29 is 5.11 Å². The Balaban J connectivity index is 1.77. The lowest BCUT2D eigenvalue weighted by atomic mass is 9.87. The molecule has 4 rings (SSSR count). The summed E-state index contributed by atoms with van der Waals surface area (Å²) in [6.45, 7) is 4.11. The Bertz CT molecular complexity index is 859. The molecule has 2 aromatic heterocycles. The second-order valence-corrected chi connectivity index (χ2v) is 7.82. The van der Waals surface area contributed by atoms with Gasteiger partial charge in [0, 0.05) is 22.9 Å². The fraction of sp³-hybridized carbons (Fsp3) is 0.474. The first-order valence-corrected chi connectivity index (χ1v) is 9.69. The molecule has 3 aromatic rings. The van der Waals surface area contributed by atoms with Gasteiger partial charge in [0.05, 0.1) is 11.2 Å². The SMILES string of the molecule is CC(C)n1c(O)nc2c(-c3nc(C4CCCCC4)cs3)cccc21. The lowest BCUT2D eigenvalue weighted by molar-refractivity contribution is 0.388. The molecule has 0 spiro atoms. The van der Waals surface area contributed by atoms with Gasteiger partial charge in [-0.2, -0.15) is 4.98 Å². The van der Waals surface area contributed by atoms with Crippen molar-refractivity contribution in [1.29, 1.82) is 0 Å². The van der Waals surface area contributed by atoms with Crippen LogP contribution in [0.2, 0.25) is 0 Å². The quantitative estimate of drug-likeness (QED) is 0.685. The zero-order valence-corrected chi connectivity index (χ0v) is 15.0. The highest BCUT2D eigenvalue weighted by Crippen LogP contribution is 2.38. The van der Waals surface area contributed by atoms with Gasteiger partial charge >= 0.3 is 0 Å². The van der Waals surface area contributed by atoms with E-state index in [0.29, 0.717) is 5.92 Å². The summed E-state index contributed by atoms with van der Waals surface area (Å²) in [5.74, 6) is 0.615. The molecule has 1 fully saturated rings. The first-order valence-electron chi connectivity index (χ1n) is 8.81. The maximum Gasteiger partial charge on any atom is 0.295 e. The number of imidazole rings is 1. The molecule has 1 saturated carbocycles. The molecular weight excluding hydrogens is 318 g/mol. The molecule has 0 radical (unpaired) electrons. The number of rotatable bonds is 3. The maximum absolute atomic E-state index is 10.2. The maximum atomic E-state index is 10.2. The minimum absolute atomic E-state index is 0.0801. The number of aromatic nitrogens is 3. The summed E-state index contributed by atoms with van der Waals surface area (Å²) in [7, 11) is 0. The van der Waals surface area contributed by atoms with E-state index in [1.165, 1.54) is 37.8 Å². The normalized spacial score (nSPS) is 16.3. The highest BCUT2D eigenvalue weighted by atomic mass is 32.1. The predicted octanol–water partition coefficient (Wildman–Crippen LogP) is 5.49. The topological polar surface area (TPSA) is 50.9 Å². The molecule has 4 nitrogen and oxygen atoms in total. The van der Waals surface area contributed by atoms with E-state index in [1.807, 2.05) is 16.7 Å². The van der Waals surface area contributed by atoms with E-state index in [4.69, 9.17) is 4.98 Å². The van der Waals surface area contributed by atoms with Crippen LogP contribution in [0.25, 0.3) is 21.6 Å².